The van der Waals surface area contributed by atoms with E-state index in [1.54, 1.807) is 15.8 Å². The van der Waals surface area contributed by atoms with E-state index < -0.39 is 0 Å². The molecule has 2 amide bonds. The molecule has 0 unspecified atom stereocenters. The number of nitrogens with zero attached hydrogens (tertiary/aromatic N) is 4. The normalized spacial score (nSPS) is 16.6. The van der Waals surface area contributed by atoms with Crippen molar-refractivity contribution in [1.82, 2.24) is 25.6 Å². The molecule has 1 aromatic heterocycles. The van der Waals surface area contributed by atoms with Gasteiger partial charge in [0.1, 0.15) is 5.75 Å². The first-order valence-corrected chi connectivity index (χ1v) is 9.65. The number of amides is 2. The van der Waals surface area contributed by atoms with E-state index in [0.29, 0.717) is 37.0 Å². The molecule has 2 aromatic rings. The van der Waals surface area contributed by atoms with Crippen molar-refractivity contribution in [3.05, 3.63) is 36.2 Å². The topological polar surface area (TPSA) is 101 Å². The third kappa shape index (κ3) is 4.86. The van der Waals surface area contributed by atoms with Crippen molar-refractivity contribution < 1.29 is 14.3 Å². The fourth-order valence-electron chi connectivity index (χ4n) is 3.56. The Morgan fingerprint density at radius 1 is 1.28 bits per heavy atom. The molecule has 0 saturated carbocycles. The Hall–Kier alpha value is -2.65. The molecule has 29 heavy (non-hydrogen) atoms. The third-order valence-electron chi connectivity index (χ3n) is 5.08. The van der Waals surface area contributed by atoms with E-state index in [-0.39, 0.29) is 30.8 Å². The van der Waals surface area contributed by atoms with Crippen molar-refractivity contribution in [3.8, 4) is 5.75 Å². The number of halogens is 1. The predicted octanol–water partition coefficient (Wildman–Crippen LogP) is 1.17. The second-order valence-corrected chi connectivity index (χ2v) is 6.98. The van der Waals surface area contributed by atoms with Crippen LogP contribution in [0.25, 0.3) is 0 Å². The van der Waals surface area contributed by atoms with Gasteiger partial charge in [-0.2, -0.15) is 0 Å². The molecule has 2 aliphatic heterocycles. The van der Waals surface area contributed by atoms with E-state index in [1.165, 1.54) is 0 Å². The lowest BCUT2D eigenvalue weighted by atomic mass is 10.1. The molecular weight excluding hydrogens is 396 g/mol. The molecule has 2 aliphatic rings. The maximum absolute atomic E-state index is 12.3. The summed E-state index contributed by atoms with van der Waals surface area (Å²) in [5.74, 6) is 0.393. The quantitative estimate of drug-likeness (QED) is 0.680. The third-order valence-corrected chi connectivity index (χ3v) is 5.08. The summed E-state index contributed by atoms with van der Waals surface area (Å²) >= 11 is 0. The van der Waals surface area contributed by atoms with Crippen LogP contribution in [0.4, 0.5) is 5.69 Å². The van der Waals surface area contributed by atoms with Crippen LogP contribution in [0, 0.1) is 0 Å². The van der Waals surface area contributed by atoms with Gasteiger partial charge in [-0.3, -0.25) is 9.59 Å². The molecule has 1 fully saturated rings. The summed E-state index contributed by atoms with van der Waals surface area (Å²) in [5.41, 5.74) is 1.10. The molecule has 0 aliphatic carbocycles. The van der Waals surface area contributed by atoms with Crippen LogP contribution in [-0.2, 0) is 4.79 Å². The summed E-state index contributed by atoms with van der Waals surface area (Å²) in [6, 6.07) is 7.76. The van der Waals surface area contributed by atoms with Gasteiger partial charge in [0.05, 0.1) is 17.9 Å². The Morgan fingerprint density at radius 2 is 2.07 bits per heavy atom. The highest BCUT2D eigenvalue weighted by Gasteiger charge is 2.24. The Morgan fingerprint density at radius 3 is 2.90 bits per heavy atom. The second kappa shape index (κ2) is 9.71. The highest BCUT2D eigenvalue weighted by atomic mass is 35.5. The number of carbonyl (C=O) groups is 2. The zero-order valence-electron chi connectivity index (χ0n) is 16.0. The molecule has 1 aromatic carbocycles. The minimum absolute atomic E-state index is 0. The van der Waals surface area contributed by atoms with E-state index in [4.69, 9.17) is 4.74 Å². The molecule has 2 N–H and O–H groups in total. The van der Waals surface area contributed by atoms with E-state index in [0.717, 1.165) is 31.6 Å². The molecule has 0 spiro atoms. The monoisotopic (exact) mass is 420 g/mol. The molecule has 4 rings (SSSR count). The number of hydrogen-bond donors (Lipinski definition) is 2. The van der Waals surface area contributed by atoms with Crippen LogP contribution in [0.1, 0.15) is 35.8 Å². The number of ether oxygens (including phenoxy) is 1. The average molecular weight is 421 g/mol. The number of carbonyl (C=O) groups excluding carboxylic acids is 2. The smallest absolute Gasteiger partial charge is 0.273 e. The van der Waals surface area contributed by atoms with E-state index >= 15 is 0 Å². The first-order chi connectivity index (χ1) is 13.7. The summed E-state index contributed by atoms with van der Waals surface area (Å²) in [6.45, 7) is 2.92. The number of rotatable bonds is 6. The number of anilines is 1. The summed E-state index contributed by atoms with van der Waals surface area (Å²) in [5, 5.41) is 14.3. The van der Waals surface area contributed by atoms with Crippen molar-refractivity contribution in [3.63, 3.8) is 0 Å². The molecule has 9 nitrogen and oxygen atoms in total. The van der Waals surface area contributed by atoms with E-state index in [9.17, 15) is 9.59 Å². The maximum Gasteiger partial charge on any atom is 0.273 e. The van der Waals surface area contributed by atoms with Crippen LogP contribution < -0.4 is 20.3 Å². The Balaban J connectivity index is 0.00000240. The van der Waals surface area contributed by atoms with Gasteiger partial charge >= 0.3 is 0 Å². The van der Waals surface area contributed by atoms with Gasteiger partial charge in [-0.15, -0.1) is 17.5 Å². The summed E-state index contributed by atoms with van der Waals surface area (Å²) < 4.78 is 7.23. The SMILES string of the molecule is Cl.O=C(NCCCN1C(=O)COc2ccccc21)c1cn(C2CCNCC2)nn1. The van der Waals surface area contributed by atoms with Crippen molar-refractivity contribution in [2.75, 3.05) is 37.7 Å². The summed E-state index contributed by atoms with van der Waals surface area (Å²) in [7, 11) is 0. The lowest BCUT2D eigenvalue weighted by Crippen LogP contribution is -2.40. The lowest BCUT2D eigenvalue weighted by Gasteiger charge is -2.29. The number of aromatic nitrogens is 3. The number of hydrogen-bond acceptors (Lipinski definition) is 6. The van der Waals surface area contributed by atoms with Crippen LogP contribution >= 0.6 is 12.4 Å². The molecular formula is C19H25ClN6O3. The second-order valence-electron chi connectivity index (χ2n) is 6.98. The van der Waals surface area contributed by atoms with Gasteiger partial charge in [0.25, 0.3) is 11.8 Å². The van der Waals surface area contributed by atoms with E-state index in [2.05, 4.69) is 20.9 Å². The standard InChI is InChI=1S/C19H24N6O3.ClH/c26-18-13-28-17-5-2-1-4-16(17)24(18)11-3-8-21-19(27)15-12-25(23-22-15)14-6-9-20-10-7-14;/h1-2,4-5,12,14,20H,3,6-11,13H2,(H,21,27);1H. The number of fused-ring (bicyclic) bond motifs is 1. The van der Waals surface area contributed by atoms with Gasteiger partial charge in [0.2, 0.25) is 0 Å². The fourth-order valence-corrected chi connectivity index (χ4v) is 3.56. The van der Waals surface area contributed by atoms with Crippen LogP contribution in [-0.4, -0.2) is 59.6 Å². The minimum atomic E-state index is -0.242. The molecule has 1 saturated heterocycles. The highest BCUT2D eigenvalue weighted by Crippen LogP contribution is 2.31. The summed E-state index contributed by atoms with van der Waals surface area (Å²) in [6.07, 6.45) is 4.32. The van der Waals surface area contributed by atoms with Crippen LogP contribution in [0.5, 0.6) is 5.75 Å². The zero-order chi connectivity index (χ0) is 19.3. The summed E-state index contributed by atoms with van der Waals surface area (Å²) in [4.78, 5) is 26.2. The van der Waals surface area contributed by atoms with Crippen LogP contribution in [0.2, 0.25) is 0 Å². The number of nitrogens with one attached hydrogen (secondary N) is 2. The van der Waals surface area contributed by atoms with Gasteiger partial charge in [0.15, 0.2) is 12.3 Å². The van der Waals surface area contributed by atoms with Crippen molar-refractivity contribution in [2.45, 2.75) is 25.3 Å². The van der Waals surface area contributed by atoms with Crippen LogP contribution in [0.3, 0.4) is 0 Å². The van der Waals surface area contributed by atoms with Crippen LogP contribution in [0.15, 0.2) is 30.5 Å². The Kier molecular flexibility index (Phi) is 7.05. The van der Waals surface area contributed by atoms with E-state index in [1.807, 2.05) is 24.3 Å². The minimum Gasteiger partial charge on any atom is -0.482 e. The average Bonchev–Trinajstić information content (AvgIpc) is 3.23. The van der Waals surface area contributed by atoms with Gasteiger partial charge in [-0.1, -0.05) is 17.3 Å². The van der Waals surface area contributed by atoms with Gasteiger partial charge in [-0.05, 0) is 44.5 Å². The number of piperidine rings is 1. The lowest BCUT2D eigenvalue weighted by molar-refractivity contribution is -0.121. The molecule has 0 atom stereocenters. The Labute approximate surface area is 175 Å². The molecule has 0 radical (unpaired) electrons. The molecule has 156 valence electrons. The molecule has 3 heterocycles. The molecule has 0 bridgehead atoms. The number of benzene rings is 1. The zero-order valence-corrected chi connectivity index (χ0v) is 16.9. The first kappa shape index (κ1) is 21.1. The largest absolute Gasteiger partial charge is 0.482 e. The van der Waals surface area contributed by atoms with Crippen molar-refractivity contribution >= 4 is 29.9 Å². The fraction of sp³-hybridized carbons (Fsp3) is 0.474. The van der Waals surface area contributed by atoms with Gasteiger partial charge in [0, 0.05) is 13.1 Å². The number of para-hydroxylation sites is 2. The Bertz CT molecular complexity index is 852. The first-order valence-electron chi connectivity index (χ1n) is 9.65. The van der Waals surface area contributed by atoms with Gasteiger partial charge < -0.3 is 20.3 Å². The van der Waals surface area contributed by atoms with Gasteiger partial charge in [-0.25, -0.2) is 4.68 Å². The van der Waals surface area contributed by atoms with Crippen molar-refractivity contribution in [2.24, 2.45) is 0 Å². The highest BCUT2D eigenvalue weighted by molar-refractivity contribution is 5.97. The maximum atomic E-state index is 12.3. The van der Waals surface area contributed by atoms with Crippen molar-refractivity contribution in [1.29, 1.82) is 0 Å². The predicted molar refractivity (Wildman–Crippen MR) is 110 cm³/mol. The molecule has 10 heteroatoms.